The van der Waals surface area contributed by atoms with E-state index in [1.807, 2.05) is 48.5 Å². The lowest BCUT2D eigenvalue weighted by Gasteiger charge is -2.05. The van der Waals surface area contributed by atoms with E-state index in [1.165, 1.54) is 11.8 Å². The number of aromatic nitrogens is 1. The molecule has 128 valence electrons. The Hall–Kier alpha value is -2.24. The molecular weight excluding hydrogens is 358 g/mol. The molecule has 0 bridgehead atoms. The summed E-state index contributed by atoms with van der Waals surface area (Å²) in [5.74, 6) is -0.0681. The molecule has 1 heterocycles. The first kappa shape index (κ1) is 17.6. The number of Topliss-reactive ketones (excluding diaryl/α,β-unsaturated/α-hetero) is 1. The van der Waals surface area contributed by atoms with Crippen LogP contribution in [0.25, 0.3) is 10.9 Å². The number of ether oxygens (including phenoxy) is 1. The molecule has 0 amide bonds. The lowest BCUT2D eigenvalue weighted by molar-refractivity contribution is -0.141. The first-order chi connectivity index (χ1) is 12.1. The third kappa shape index (κ3) is 4.44. The van der Waals surface area contributed by atoms with Gasteiger partial charge in [0.1, 0.15) is 0 Å². The summed E-state index contributed by atoms with van der Waals surface area (Å²) in [6.45, 7) is -0.253. The Morgan fingerprint density at radius 3 is 2.68 bits per heavy atom. The number of para-hydroxylation sites is 1. The summed E-state index contributed by atoms with van der Waals surface area (Å²) in [5, 5.41) is 1.49. The zero-order valence-electron chi connectivity index (χ0n) is 13.3. The fourth-order valence-electron chi connectivity index (χ4n) is 2.40. The predicted molar refractivity (Wildman–Crippen MR) is 100 cm³/mol. The van der Waals surface area contributed by atoms with E-state index in [2.05, 4.69) is 4.98 Å². The average Bonchev–Trinajstić information content (AvgIpc) is 3.05. The molecule has 6 heteroatoms. The van der Waals surface area contributed by atoms with Crippen LogP contribution in [0.15, 0.2) is 59.6 Å². The van der Waals surface area contributed by atoms with E-state index in [4.69, 9.17) is 16.3 Å². The number of nitrogens with one attached hydrogen (secondary N) is 1. The van der Waals surface area contributed by atoms with Gasteiger partial charge in [-0.25, -0.2) is 0 Å². The highest BCUT2D eigenvalue weighted by Crippen LogP contribution is 2.27. The predicted octanol–water partition coefficient (Wildman–Crippen LogP) is 4.73. The van der Waals surface area contributed by atoms with Crippen molar-refractivity contribution in [3.05, 3.63) is 65.3 Å². The van der Waals surface area contributed by atoms with Crippen molar-refractivity contribution in [3.63, 3.8) is 0 Å². The number of benzene rings is 2. The molecule has 0 aliphatic carbocycles. The second kappa shape index (κ2) is 8.23. The van der Waals surface area contributed by atoms with Crippen LogP contribution in [-0.2, 0) is 9.53 Å². The van der Waals surface area contributed by atoms with E-state index in [9.17, 15) is 9.59 Å². The summed E-state index contributed by atoms with van der Waals surface area (Å²) < 4.78 is 5.10. The Kier molecular flexibility index (Phi) is 5.79. The SMILES string of the molecule is O=C(CCSc1ccccc1Cl)OCC(=O)c1c[nH]c2ccccc12. The van der Waals surface area contributed by atoms with Gasteiger partial charge in [-0.3, -0.25) is 9.59 Å². The van der Waals surface area contributed by atoms with Gasteiger partial charge in [-0.15, -0.1) is 11.8 Å². The molecule has 1 aromatic heterocycles. The Morgan fingerprint density at radius 1 is 1.08 bits per heavy atom. The van der Waals surface area contributed by atoms with Crippen LogP contribution in [0.1, 0.15) is 16.8 Å². The Balaban J connectivity index is 1.47. The van der Waals surface area contributed by atoms with Crippen LogP contribution in [0.4, 0.5) is 0 Å². The number of H-pyrrole nitrogens is 1. The van der Waals surface area contributed by atoms with E-state index >= 15 is 0 Å². The highest BCUT2D eigenvalue weighted by atomic mass is 35.5. The highest BCUT2D eigenvalue weighted by Gasteiger charge is 2.14. The van der Waals surface area contributed by atoms with Crippen LogP contribution >= 0.6 is 23.4 Å². The van der Waals surface area contributed by atoms with Crippen molar-refractivity contribution >= 4 is 46.0 Å². The second-order valence-electron chi connectivity index (χ2n) is 5.36. The Labute approximate surface area is 154 Å². The maximum Gasteiger partial charge on any atom is 0.307 e. The molecule has 0 aliphatic rings. The van der Waals surface area contributed by atoms with Gasteiger partial charge in [0.2, 0.25) is 5.78 Å². The first-order valence-electron chi connectivity index (χ1n) is 7.77. The van der Waals surface area contributed by atoms with Crippen molar-refractivity contribution in [2.45, 2.75) is 11.3 Å². The van der Waals surface area contributed by atoms with Gasteiger partial charge >= 0.3 is 5.97 Å². The molecule has 0 fully saturated rings. The molecular formula is C19H16ClNO3S. The Morgan fingerprint density at radius 2 is 1.84 bits per heavy atom. The van der Waals surface area contributed by atoms with E-state index in [-0.39, 0.29) is 18.8 Å². The van der Waals surface area contributed by atoms with Crippen LogP contribution in [0.2, 0.25) is 5.02 Å². The van der Waals surface area contributed by atoms with Crippen molar-refractivity contribution in [2.24, 2.45) is 0 Å². The maximum absolute atomic E-state index is 12.2. The number of aromatic amines is 1. The minimum absolute atomic E-state index is 0.218. The van der Waals surface area contributed by atoms with Crippen LogP contribution < -0.4 is 0 Å². The number of fused-ring (bicyclic) bond motifs is 1. The molecule has 0 saturated carbocycles. The zero-order chi connectivity index (χ0) is 17.6. The number of halogens is 1. The zero-order valence-corrected chi connectivity index (χ0v) is 14.9. The van der Waals surface area contributed by atoms with E-state index < -0.39 is 5.97 Å². The third-order valence-electron chi connectivity index (χ3n) is 3.65. The number of thioether (sulfide) groups is 1. The molecule has 3 aromatic rings. The van der Waals surface area contributed by atoms with Gasteiger partial charge < -0.3 is 9.72 Å². The molecule has 3 rings (SSSR count). The fourth-order valence-corrected chi connectivity index (χ4v) is 3.57. The van der Waals surface area contributed by atoms with Gasteiger partial charge in [0, 0.05) is 33.3 Å². The van der Waals surface area contributed by atoms with Crippen molar-refractivity contribution in [1.29, 1.82) is 0 Å². The summed E-state index contributed by atoms with van der Waals surface area (Å²) in [5.41, 5.74) is 1.42. The monoisotopic (exact) mass is 373 g/mol. The summed E-state index contributed by atoms with van der Waals surface area (Å²) >= 11 is 7.55. The number of esters is 1. The number of ketones is 1. The third-order valence-corrected chi connectivity index (χ3v) is 5.17. The van der Waals surface area contributed by atoms with E-state index in [1.54, 1.807) is 6.20 Å². The minimum Gasteiger partial charge on any atom is -0.457 e. The molecule has 0 radical (unpaired) electrons. The lowest BCUT2D eigenvalue weighted by atomic mass is 10.1. The largest absolute Gasteiger partial charge is 0.457 e. The fraction of sp³-hybridized carbons (Fsp3) is 0.158. The van der Waals surface area contributed by atoms with Gasteiger partial charge in [-0.05, 0) is 18.2 Å². The van der Waals surface area contributed by atoms with Crippen LogP contribution in [-0.4, -0.2) is 29.1 Å². The topological polar surface area (TPSA) is 59.2 Å². The molecule has 0 unspecified atom stereocenters. The van der Waals surface area contributed by atoms with Crippen LogP contribution in [0, 0.1) is 0 Å². The molecule has 0 aliphatic heterocycles. The standard InChI is InChI=1S/C19H16ClNO3S/c20-15-6-2-4-8-18(15)25-10-9-19(23)24-12-17(22)14-11-21-16-7-3-1-5-13(14)16/h1-8,11,21H,9-10,12H2. The number of rotatable bonds is 7. The second-order valence-corrected chi connectivity index (χ2v) is 6.90. The normalized spacial score (nSPS) is 10.8. The first-order valence-corrected chi connectivity index (χ1v) is 9.14. The van der Waals surface area contributed by atoms with Gasteiger partial charge in [-0.1, -0.05) is 41.9 Å². The van der Waals surface area contributed by atoms with E-state index in [0.717, 1.165) is 15.8 Å². The molecule has 0 spiro atoms. The van der Waals surface area contributed by atoms with Crippen LogP contribution in [0.3, 0.4) is 0 Å². The lowest BCUT2D eigenvalue weighted by Crippen LogP contribution is -2.14. The van der Waals surface area contributed by atoms with Crippen molar-refractivity contribution in [3.8, 4) is 0 Å². The van der Waals surface area contributed by atoms with Gasteiger partial charge in [0.25, 0.3) is 0 Å². The van der Waals surface area contributed by atoms with Crippen molar-refractivity contribution < 1.29 is 14.3 Å². The Bertz CT molecular complexity index is 906. The smallest absolute Gasteiger partial charge is 0.307 e. The molecule has 1 N–H and O–H groups in total. The number of carbonyl (C=O) groups is 2. The highest BCUT2D eigenvalue weighted by molar-refractivity contribution is 7.99. The van der Waals surface area contributed by atoms with Crippen molar-refractivity contribution in [2.75, 3.05) is 12.4 Å². The minimum atomic E-state index is -0.396. The number of hydrogen-bond donors (Lipinski definition) is 1. The quantitative estimate of drug-likeness (QED) is 0.369. The molecule has 4 nitrogen and oxygen atoms in total. The molecule has 0 atom stereocenters. The van der Waals surface area contributed by atoms with Gasteiger partial charge in [0.05, 0.1) is 11.4 Å². The van der Waals surface area contributed by atoms with E-state index in [0.29, 0.717) is 16.3 Å². The van der Waals surface area contributed by atoms with Gasteiger partial charge in [0.15, 0.2) is 6.61 Å². The number of carbonyl (C=O) groups excluding carboxylic acids is 2. The van der Waals surface area contributed by atoms with Crippen LogP contribution in [0.5, 0.6) is 0 Å². The molecule has 2 aromatic carbocycles. The summed E-state index contributed by atoms with van der Waals surface area (Å²) in [4.78, 5) is 28.0. The number of hydrogen-bond acceptors (Lipinski definition) is 4. The summed E-state index contributed by atoms with van der Waals surface area (Å²) in [6.07, 6.45) is 1.87. The maximum atomic E-state index is 12.2. The summed E-state index contributed by atoms with van der Waals surface area (Å²) in [6, 6.07) is 15.0. The van der Waals surface area contributed by atoms with Gasteiger partial charge in [-0.2, -0.15) is 0 Å². The average molecular weight is 374 g/mol. The summed E-state index contributed by atoms with van der Waals surface area (Å²) in [7, 11) is 0. The van der Waals surface area contributed by atoms with Crippen molar-refractivity contribution in [1.82, 2.24) is 4.98 Å². The molecule has 25 heavy (non-hydrogen) atoms. The molecule has 0 saturated heterocycles.